The molecule has 1 N–H and O–H groups in total. The Hall–Kier alpha value is -1.64. The van der Waals surface area contributed by atoms with Gasteiger partial charge in [0, 0.05) is 12.3 Å². The largest absolute Gasteiger partial charge is 0.478 e. The van der Waals surface area contributed by atoms with E-state index in [-0.39, 0.29) is 17.3 Å². The molecular formula is C12H14O3. The molecule has 1 rings (SSSR count). The first-order chi connectivity index (χ1) is 7.00. The summed E-state index contributed by atoms with van der Waals surface area (Å²) in [6.07, 6.45) is 0.373. The third-order valence-electron chi connectivity index (χ3n) is 2.22. The minimum absolute atomic E-state index is 0.0177. The fourth-order valence-electron chi connectivity index (χ4n) is 1.17. The monoisotopic (exact) mass is 206 g/mol. The van der Waals surface area contributed by atoms with Crippen LogP contribution in [0.25, 0.3) is 0 Å². The fourth-order valence-corrected chi connectivity index (χ4v) is 1.17. The highest BCUT2D eigenvalue weighted by Gasteiger charge is 2.08. The van der Waals surface area contributed by atoms with Gasteiger partial charge in [-0.15, -0.1) is 0 Å². The number of carbonyl (C=O) groups excluding carboxylic acids is 1. The van der Waals surface area contributed by atoms with Gasteiger partial charge in [0.2, 0.25) is 0 Å². The van der Waals surface area contributed by atoms with Crippen molar-refractivity contribution >= 4 is 11.8 Å². The normalized spacial score (nSPS) is 10.3. The summed E-state index contributed by atoms with van der Waals surface area (Å²) in [7, 11) is 0. The molecule has 0 radical (unpaired) electrons. The van der Waals surface area contributed by atoms with Crippen molar-refractivity contribution in [2.75, 3.05) is 0 Å². The fraction of sp³-hybridized carbons (Fsp3) is 0.333. The lowest BCUT2D eigenvalue weighted by molar-refractivity contribution is -0.121. The standard InChI is InChI=1S/C12H14O3/c1-8(2)11(13)7-9-3-5-10(6-4-9)12(14)15/h3-6,8H,7H2,1-2H3,(H,14,15). The van der Waals surface area contributed by atoms with Gasteiger partial charge in [0.1, 0.15) is 5.78 Å². The van der Waals surface area contributed by atoms with Crippen molar-refractivity contribution in [2.45, 2.75) is 20.3 Å². The number of carboxylic acid groups (broad SMARTS) is 1. The summed E-state index contributed by atoms with van der Waals surface area (Å²) in [5, 5.41) is 8.68. The highest BCUT2D eigenvalue weighted by atomic mass is 16.4. The highest BCUT2D eigenvalue weighted by Crippen LogP contribution is 2.08. The Bertz CT molecular complexity index is 363. The van der Waals surface area contributed by atoms with E-state index in [9.17, 15) is 9.59 Å². The lowest BCUT2D eigenvalue weighted by Gasteiger charge is -2.04. The number of ketones is 1. The number of benzene rings is 1. The molecule has 0 bridgehead atoms. The number of carbonyl (C=O) groups is 2. The molecule has 0 aliphatic rings. The van der Waals surface area contributed by atoms with Gasteiger partial charge in [-0.05, 0) is 17.7 Å². The summed E-state index contributed by atoms with van der Waals surface area (Å²) in [6, 6.07) is 6.41. The SMILES string of the molecule is CC(C)C(=O)Cc1ccc(C(=O)O)cc1. The van der Waals surface area contributed by atoms with Crippen LogP contribution in [0.15, 0.2) is 24.3 Å². The number of carboxylic acids is 1. The maximum atomic E-state index is 11.4. The van der Waals surface area contributed by atoms with Crippen LogP contribution in [-0.2, 0) is 11.2 Å². The van der Waals surface area contributed by atoms with E-state index in [4.69, 9.17) is 5.11 Å². The zero-order valence-corrected chi connectivity index (χ0v) is 8.86. The zero-order chi connectivity index (χ0) is 11.4. The molecule has 0 unspecified atom stereocenters. The van der Waals surface area contributed by atoms with E-state index < -0.39 is 5.97 Å². The van der Waals surface area contributed by atoms with Crippen LogP contribution in [-0.4, -0.2) is 16.9 Å². The van der Waals surface area contributed by atoms with E-state index in [2.05, 4.69) is 0 Å². The smallest absolute Gasteiger partial charge is 0.335 e. The van der Waals surface area contributed by atoms with Crippen LogP contribution >= 0.6 is 0 Å². The minimum Gasteiger partial charge on any atom is -0.478 e. The van der Waals surface area contributed by atoms with Gasteiger partial charge >= 0.3 is 5.97 Å². The number of Topliss-reactive ketones (excluding diaryl/α,β-unsaturated/α-hetero) is 1. The summed E-state index contributed by atoms with van der Waals surface area (Å²) >= 11 is 0. The van der Waals surface area contributed by atoms with Crippen molar-refractivity contribution in [1.29, 1.82) is 0 Å². The Morgan fingerprint density at radius 3 is 2.13 bits per heavy atom. The lowest BCUT2D eigenvalue weighted by atomic mass is 10.0. The lowest BCUT2D eigenvalue weighted by Crippen LogP contribution is -2.10. The van der Waals surface area contributed by atoms with Gasteiger partial charge in [0.25, 0.3) is 0 Å². The molecule has 3 nitrogen and oxygen atoms in total. The molecule has 15 heavy (non-hydrogen) atoms. The molecule has 0 saturated heterocycles. The predicted octanol–water partition coefficient (Wildman–Crippen LogP) is 2.15. The zero-order valence-electron chi connectivity index (χ0n) is 8.86. The maximum Gasteiger partial charge on any atom is 0.335 e. The Labute approximate surface area is 88.7 Å². The van der Waals surface area contributed by atoms with Gasteiger partial charge < -0.3 is 5.11 Å². The number of rotatable bonds is 4. The van der Waals surface area contributed by atoms with Crippen molar-refractivity contribution in [1.82, 2.24) is 0 Å². The Balaban J connectivity index is 2.73. The summed E-state index contributed by atoms with van der Waals surface area (Å²) in [5.41, 5.74) is 1.11. The van der Waals surface area contributed by atoms with Crippen LogP contribution in [0.5, 0.6) is 0 Å². The molecule has 0 spiro atoms. The first-order valence-corrected chi connectivity index (χ1v) is 4.85. The molecule has 0 heterocycles. The summed E-state index contributed by atoms with van der Waals surface area (Å²) in [5.74, 6) is -0.765. The van der Waals surface area contributed by atoms with Gasteiger partial charge in [0.15, 0.2) is 0 Å². The molecule has 0 amide bonds. The molecule has 0 aliphatic heterocycles. The second-order valence-corrected chi connectivity index (χ2v) is 3.80. The van der Waals surface area contributed by atoms with Crippen molar-refractivity contribution < 1.29 is 14.7 Å². The number of hydrogen-bond acceptors (Lipinski definition) is 2. The van der Waals surface area contributed by atoms with E-state index in [0.29, 0.717) is 6.42 Å². The minimum atomic E-state index is -0.947. The molecule has 0 saturated carbocycles. The topological polar surface area (TPSA) is 54.4 Å². The van der Waals surface area contributed by atoms with E-state index >= 15 is 0 Å². The average Bonchev–Trinajstić information content (AvgIpc) is 2.18. The first kappa shape index (κ1) is 11.4. The van der Waals surface area contributed by atoms with Gasteiger partial charge in [-0.3, -0.25) is 4.79 Å². The van der Waals surface area contributed by atoms with Gasteiger partial charge in [-0.25, -0.2) is 4.79 Å². The highest BCUT2D eigenvalue weighted by molar-refractivity contribution is 5.88. The molecular weight excluding hydrogens is 192 g/mol. The van der Waals surface area contributed by atoms with Gasteiger partial charge in [0.05, 0.1) is 5.56 Å². The summed E-state index contributed by atoms with van der Waals surface area (Å²) in [6.45, 7) is 3.71. The summed E-state index contributed by atoms with van der Waals surface area (Å²) < 4.78 is 0. The Morgan fingerprint density at radius 2 is 1.73 bits per heavy atom. The molecule has 3 heteroatoms. The molecule has 0 atom stereocenters. The second kappa shape index (κ2) is 4.73. The van der Waals surface area contributed by atoms with E-state index in [1.54, 1.807) is 12.1 Å². The molecule has 0 aromatic heterocycles. The Morgan fingerprint density at radius 1 is 1.20 bits per heavy atom. The van der Waals surface area contributed by atoms with Crippen LogP contribution in [0.2, 0.25) is 0 Å². The van der Waals surface area contributed by atoms with Crippen LogP contribution in [0, 0.1) is 5.92 Å². The van der Waals surface area contributed by atoms with Crippen molar-refractivity contribution in [3.05, 3.63) is 35.4 Å². The van der Waals surface area contributed by atoms with E-state index in [1.807, 2.05) is 13.8 Å². The van der Waals surface area contributed by atoms with Crippen LogP contribution in [0.3, 0.4) is 0 Å². The quantitative estimate of drug-likeness (QED) is 0.821. The van der Waals surface area contributed by atoms with Gasteiger partial charge in [-0.1, -0.05) is 26.0 Å². The van der Waals surface area contributed by atoms with Crippen LogP contribution in [0.4, 0.5) is 0 Å². The van der Waals surface area contributed by atoms with E-state index in [0.717, 1.165) is 5.56 Å². The number of hydrogen-bond donors (Lipinski definition) is 1. The van der Waals surface area contributed by atoms with Crippen molar-refractivity contribution in [3.8, 4) is 0 Å². The third-order valence-corrected chi connectivity index (χ3v) is 2.22. The van der Waals surface area contributed by atoms with E-state index in [1.165, 1.54) is 12.1 Å². The molecule has 80 valence electrons. The average molecular weight is 206 g/mol. The van der Waals surface area contributed by atoms with Crippen LogP contribution in [0.1, 0.15) is 29.8 Å². The first-order valence-electron chi connectivity index (χ1n) is 4.85. The van der Waals surface area contributed by atoms with Gasteiger partial charge in [-0.2, -0.15) is 0 Å². The van der Waals surface area contributed by atoms with Crippen LogP contribution < -0.4 is 0 Å². The molecule has 1 aromatic carbocycles. The molecule has 0 fully saturated rings. The number of aromatic carboxylic acids is 1. The summed E-state index contributed by atoms with van der Waals surface area (Å²) in [4.78, 5) is 22.0. The molecule has 1 aromatic rings. The van der Waals surface area contributed by atoms with Crippen molar-refractivity contribution in [2.24, 2.45) is 5.92 Å². The third kappa shape index (κ3) is 3.20. The maximum absolute atomic E-state index is 11.4. The van der Waals surface area contributed by atoms with Crippen molar-refractivity contribution in [3.63, 3.8) is 0 Å². The second-order valence-electron chi connectivity index (χ2n) is 3.80. The Kier molecular flexibility index (Phi) is 3.61. The molecule has 0 aliphatic carbocycles. The predicted molar refractivity (Wildman–Crippen MR) is 57.0 cm³/mol.